The average Bonchev–Trinajstić information content (AvgIpc) is 3.00. The monoisotopic (exact) mass is 457 g/mol. The molecule has 0 bridgehead atoms. The van der Waals surface area contributed by atoms with Crippen LogP contribution in [0.15, 0.2) is 47.4 Å². The Morgan fingerprint density at radius 2 is 1.88 bits per heavy atom. The number of benzene rings is 2. The highest BCUT2D eigenvalue weighted by Crippen LogP contribution is 2.34. The van der Waals surface area contributed by atoms with Crippen LogP contribution in [0.25, 0.3) is 6.08 Å². The molecule has 2 N–H and O–H groups in total. The predicted octanol–water partition coefficient (Wildman–Crippen LogP) is 3.09. The summed E-state index contributed by atoms with van der Waals surface area (Å²) in [5, 5.41) is 10.2. The zero-order valence-corrected chi connectivity index (χ0v) is 17.8. The lowest BCUT2D eigenvalue weighted by Crippen LogP contribution is -2.36. The largest absolute Gasteiger partial charge is 0.490 e. The van der Waals surface area contributed by atoms with Crippen molar-refractivity contribution in [3.8, 4) is 11.5 Å². The van der Waals surface area contributed by atoms with Crippen molar-refractivity contribution in [2.75, 3.05) is 13.2 Å². The minimum absolute atomic E-state index is 0.00616. The van der Waals surface area contributed by atoms with E-state index in [0.717, 1.165) is 22.2 Å². The lowest BCUT2D eigenvalue weighted by Gasteiger charge is -2.13. The summed E-state index contributed by atoms with van der Waals surface area (Å²) in [6.45, 7) is 1.87. The van der Waals surface area contributed by atoms with Crippen LogP contribution in [-0.4, -0.2) is 40.0 Å². The van der Waals surface area contributed by atoms with Gasteiger partial charge in [0.2, 0.25) is 5.91 Å². The van der Waals surface area contributed by atoms with Gasteiger partial charge >= 0.3 is 0 Å². The first-order valence-corrected chi connectivity index (χ1v) is 10.3. The molecule has 0 spiro atoms. The summed E-state index contributed by atoms with van der Waals surface area (Å²) in [6.07, 6.45) is 1.52. The number of nitrogens with two attached hydrogens (primary N) is 1. The molecule has 3 amide bonds. The molecular weight excluding hydrogens is 438 g/mol. The number of thioether (sulfide) groups is 1. The molecule has 10 nitrogen and oxygen atoms in total. The van der Waals surface area contributed by atoms with Crippen LogP contribution < -0.4 is 15.2 Å². The quantitative estimate of drug-likeness (QED) is 0.344. The molecule has 1 heterocycles. The van der Waals surface area contributed by atoms with E-state index in [0.29, 0.717) is 23.7 Å². The second kappa shape index (κ2) is 9.96. The van der Waals surface area contributed by atoms with Crippen LogP contribution in [0, 0.1) is 10.1 Å². The molecule has 0 saturated carbocycles. The summed E-state index contributed by atoms with van der Waals surface area (Å²) in [6, 6.07) is 11.0. The van der Waals surface area contributed by atoms with Gasteiger partial charge in [-0.25, -0.2) is 0 Å². The van der Waals surface area contributed by atoms with Gasteiger partial charge in [-0.2, -0.15) is 0 Å². The molecule has 1 fully saturated rings. The summed E-state index contributed by atoms with van der Waals surface area (Å²) < 4.78 is 11.4. The maximum atomic E-state index is 12.4. The Labute approximate surface area is 187 Å². The normalized spacial score (nSPS) is 14.7. The van der Waals surface area contributed by atoms with E-state index in [1.807, 2.05) is 6.92 Å². The molecule has 3 rings (SSSR count). The van der Waals surface area contributed by atoms with E-state index in [9.17, 15) is 24.5 Å². The summed E-state index contributed by atoms with van der Waals surface area (Å²) >= 11 is 0.723. The third kappa shape index (κ3) is 5.43. The minimum Gasteiger partial charge on any atom is -0.490 e. The topological polar surface area (TPSA) is 142 Å². The van der Waals surface area contributed by atoms with Gasteiger partial charge in [0.25, 0.3) is 16.8 Å². The van der Waals surface area contributed by atoms with Crippen LogP contribution >= 0.6 is 11.8 Å². The van der Waals surface area contributed by atoms with Gasteiger partial charge in [-0.3, -0.25) is 29.4 Å². The highest BCUT2D eigenvalue weighted by atomic mass is 32.2. The van der Waals surface area contributed by atoms with Crippen LogP contribution in [0.2, 0.25) is 0 Å². The van der Waals surface area contributed by atoms with Crippen LogP contribution in [0.4, 0.5) is 10.5 Å². The Balaban J connectivity index is 1.76. The number of primary amides is 1. The number of nitrogens with zero attached hydrogens (tertiary/aromatic N) is 2. The smallest absolute Gasteiger partial charge is 0.294 e. The number of nitro benzene ring substituents is 1. The van der Waals surface area contributed by atoms with Crippen molar-refractivity contribution in [3.05, 3.63) is 68.6 Å². The molecule has 1 aliphatic heterocycles. The zero-order valence-electron chi connectivity index (χ0n) is 17.0. The molecule has 2 aromatic carbocycles. The first kappa shape index (κ1) is 22.8. The molecule has 0 aromatic heterocycles. The number of carbonyl (C=O) groups excluding carboxylic acids is 3. The molecule has 0 radical (unpaired) electrons. The van der Waals surface area contributed by atoms with Crippen molar-refractivity contribution in [3.63, 3.8) is 0 Å². The first-order chi connectivity index (χ1) is 15.3. The molecule has 166 valence electrons. The number of hydrogen-bond donors (Lipinski definition) is 1. The fourth-order valence-electron chi connectivity index (χ4n) is 2.82. The number of nitro groups is 1. The third-order valence-electron chi connectivity index (χ3n) is 4.29. The van der Waals surface area contributed by atoms with Gasteiger partial charge in [-0.1, -0.05) is 6.07 Å². The average molecular weight is 457 g/mol. The summed E-state index contributed by atoms with van der Waals surface area (Å²) in [4.78, 5) is 46.6. The molecule has 2 aromatic rings. The Morgan fingerprint density at radius 3 is 2.50 bits per heavy atom. The molecule has 0 unspecified atom stereocenters. The number of carbonyl (C=O) groups is 3. The van der Waals surface area contributed by atoms with Crippen molar-refractivity contribution in [1.29, 1.82) is 0 Å². The highest BCUT2D eigenvalue weighted by molar-refractivity contribution is 8.18. The lowest BCUT2D eigenvalue weighted by molar-refractivity contribution is -0.384. The summed E-state index contributed by atoms with van der Waals surface area (Å²) in [7, 11) is 0. The maximum Gasteiger partial charge on any atom is 0.294 e. The van der Waals surface area contributed by atoms with Crippen LogP contribution in [0.5, 0.6) is 11.5 Å². The van der Waals surface area contributed by atoms with E-state index in [1.54, 1.807) is 30.3 Å². The van der Waals surface area contributed by atoms with E-state index in [1.165, 1.54) is 18.2 Å². The second-order valence-electron chi connectivity index (χ2n) is 6.59. The van der Waals surface area contributed by atoms with Crippen LogP contribution in [0.1, 0.15) is 18.1 Å². The molecule has 11 heteroatoms. The molecule has 0 aliphatic carbocycles. The van der Waals surface area contributed by atoms with Gasteiger partial charge in [0.05, 0.1) is 16.4 Å². The van der Waals surface area contributed by atoms with Gasteiger partial charge in [0.1, 0.15) is 13.2 Å². The van der Waals surface area contributed by atoms with E-state index < -0.39 is 28.5 Å². The summed E-state index contributed by atoms with van der Waals surface area (Å²) in [5.41, 5.74) is 6.41. The van der Waals surface area contributed by atoms with Gasteiger partial charge < -0.3 is 15.2 Å². The zero-order chi connectivity index (χ0) is 23.3. The van der Waals surface area contributed by atoms with Gasteiger partial charge in [0, 0.05) is 12.1 Å². The van der Waals surface area contributed by atoms with E-state index in [4.69, 9.17) is 15.2 Å². The van der Waals surface area contributed by atoms with Gasteiger partial charge in [-0.05, 0) is 60.2 Å². The lowest BCUT2D eigenvalue weighted by atomic mass is 10.1. The fourth-order valence-corrected chi connectivity index (χ4v) is 3.66. The Kier molecular flexibility index (Phi) is 7.11. The number of imide groups is 1. The predicted molar refractivity (Wildman–Crippen MR) is 117 cm³/mol. The molecule has 0 atom stereocenters. The van der Waals surface area contributed by atoms with E-state index in [2.05, 4.69) is 0 Å². The van der Waals surface area contributed by atoms with Crippen LogP contribution in [-0.2, 0) is 16.2 Å². The fraction of sp³-hybridized carbons (Fsp3) is 0.190. The second-order valence-corrected chi connectivity index (χ2v) is 7.58. The maximum absolute atomic E-state index is 12.4. The van der Waals surface area contributed by atoms with Crippen LogP contribution in [0.3, 0.4) is 0 Å². The number of ether oxygens (including phenoxy) is 2. The molecule has 1 aliphatic rings. The highest BCUT2D eigenvalue weighted by Gasteiger charge is 2.35. The first-order valence-electron chi connectivity index (χ1n) is 9.45. The van der Waals surface area contributed by atoms with Crippen molar-refractivity contribution >= 4 is 40.6 Å². The third-order valence-corrected chi connectivity index (χ3v) is 5.20. The Hall–Kier alpha value is -3.86. The Bertz CT molecular complexity index is 1100. The van der Waals surface area contributed by atoms with E-state index in [-0.39, 0.29) is 17.2 Å². The molecule has 32 heavy (non-hydrogen) atoms. The standard InChI is InChI=1S/C21H19N3O7S/c1-2-30-17-9-14(10-18-20(26)23(11-19(22)25)21(27)32-18)5-8-16(17)31-12-13-3-6-15(7-4-13)24(28)29/h3-10H,2,11-12H2,1H3,(H2,22,25)/b18-10-. The van der Waals surface area contributed by atoms with Gasteiger partial charge in [0.15, 0.2) is 11.5 Å². The van der Waals surface area contributed by atoms with Crippen molar-refractivity contribution in [1.82, 2.24) is 4.90 Å². The number of rotatable bonds is 9. The molecular formula is C21H19N3O7S. The van der Waals surface area contributed by atoms with Crippen molar-refractivity contribution in [2.24, 2.45) is 5.73 Å². The number of hydrogen-bond acceptors (Lipinski definition) is 8. The minimum atomic E-state index is -0.776. The Morgan fingerprint density at radius 1 is 1.16 bits per heavy atom. The SMILES string of the molecule is CCOc1cc(/C=C2\SC(=O)N(CC(N)=O)C2=O)ccc1OCc1ccc([N+](=O)[O-])cc1. The summed E-state index contributed by atoms with van der Waals surface area (Å²) in [5.74, 6) is -0.485. The van der Waals surface area contributed by atoms with E-state index >= 15 is 0 Å². The number of amides is 3. The molecule has 1 saturated heterocycles. The van der Waals surface area contributed by atoms with Crippen molar-refractivity contribution < 1.29 is 28.8 Å². The van der Waals surface area contributed by atoms with Gasteiger partial charge in [-0.15, -0.1) is 0 Å². The van der Waals surface area contributed by atoms with Crippen molar-refractivity contribution in [2.45, 2.75) is 13.5 Å². The number of non-ortho nitro benzene ring substituents is 1.